The second-order valence-corrected chi connectivity index (χ2v) is 5.04. The maximum absolute atomic E-state index is 13.8. The highest BCUT2D eigenvalue weighted by molar-refractivity contribution is 5.97. The molecule has 0 fully saturated rings. The second-order valence-electron chi connectivity index (χ2n) is 5.04. The minimum atomic E-state index is -5.07. The van der Waals surface area contributed by atoms with Crippen LogP contribution in [0.2, 0.25) is 0 Å². The Hall–Kier alpha value is -1.99. The molecule has 22 heavy (non-hydrogen) atoms. The molecule has 0 unspecified atom stereocenters. The Bertz CT molecular complexity index is 596. The van der Waals surface area contributed by atoms with Crippen LogP contribution in [0.25, 0.3) is 0 Å². The van der Waals surface area contributed by atoms with Crippen molar-refractivity contribution in [2.24, 2.45) is 0 Å². The van der Waals surface area contributed by atoms with Crippen LogP contribution >= 0.6 is 0 Å². The minimum Gasteiger partial charge on any atom is -0.329 e. The molecule has 0 spiro atoms. The van der Waals surface area contributed by atoms with E-state index in [9.17, 15) is 31.5 Å². The summed E-state index contributed by atoms with van der Waals surface area (Å²) in [6.45, 7) is 3.93. The number of halogens is 5. The van der Waals surface area contributed by atoms with Crippen molar-refractivity contribution in [1.82, 2.24) is 4.90 Å². The van der Waals surface area contributed by atoms with Gasteiger partial charge in [0.25, 0.3) is 5.91 Å². The number of rotatable bonds is 4. The summed E-state index contributed by atoms with van der Waals surface area (Å²) in [5, 5.41) is 0. The van der Waals surface area contributed by atoms with E-state index in [2.05, 4.69) is 0 Å². The topological polar surface area (TPSA) is 37.4 Å². The lowest BCUT2D eigenvalue weighted by Gasteiger charge is -2.26. The fourth-order valence-corrected chi connectivity index (χ4v) is 1.81. The van der Waals surface area contributed by atoms with E-state index in [1.54, 1.807) is 13.8 Å². The van der Waals surface area contributed by atoms with Crippen LogP contribution in [0.4, 0.5) is 22.0 Å². The normalized spacial score (nSPS) is 11.7. The highest BCUT2D eigenvalue weighted by Gasteiger charge is 2.36. The number of alkyl halides is 3. The molecule has 0 saturated heterocycles. The summed E-state index contributed by atoms with van der Waals surface area (Å²) >= 11 is 0. The number of ketones is 1. The number of Topliss-reactive ketones (excluding diaryl/α,β-unsaturated/α-hetero) is 1. The second kappa shape index (κ2) is 6.41. The fourth-order valence-electron chi connectivity index (χ4n) is 1.81. The Morgan fingerprint density at radius 1 is 1.14 bits per heavy atom. The van der Waals surface area contributed by atoms with Crippen LogP contribution in [0.5, 0.6) is 0 Å². The first-order valence-electron chi connectivity index (χ1n) is 6.31. The molecule has 0 N–H and O–H groups in total. The first kappa shape index (κ1) is 18.1. The SMILES string of the molecule is CC(=O)CN(C(=O)c1cc(F)c(C(F)(F)F)cc1F)C(C)C. The molecule has 122 valence electrons. The van der Waals surface area contributed by atoms with Gasteiger partial charge in [-0.15, -0.1) is 0 Å². The molecule has 0 aromatic heterocycles. The summed E-state index contributed by atoms with van der Waals surface area (Å²) < 4.78 is 64.7. The molecular weight excluding hydrogens is 309 g/mol. The maximum atomic E-state index is 13.8. The summed E-state index contributed by atoms with van der Waals surface area (Å²) in [6, 6.07) is -0.369. The number of hydrogen-bond donors (Lipinski definition) is 0. The van der Waals surface area contributed by atoms with Crippen LogP contribution in [0.3, 0.4) is 0 Å². The van der Waals surface area contributed by atoms with Crippen LogP contribution in [0.1, 0.15) is 36.7 Å². The van der Waals surface area contributed by atoms with Crippen molar-refractivity contribution in [2.45, 2.75) is 33.0 Å². The van der Waals surface area contributed by atoms with Gasteiger partial charge >= 0.3 is 6.18 Å². The molecule has 0 aliphatic rings. The third kappa shape index (κ3) is 4.02. The molecular formula is C14H14F5NO2. The molecule has 1 rings (SSSR count). The quantitative estimate of drug-likeness (QED) is 0.796. The summed E-state index contributed by atoms with van der Waals surface area (Å²) in [7, 11) is 0. The Morgan fingerprint density at radius 2 is 1.68 bits per heavy atom. The van der Waals surface area contributed by atoms with Gasteiger partial charge in [-0.1, -0.05) is 0 Å². The van der Waals surface area contributed by atoms with E-state index < -0.39 is 46.7 Å². The van der Waals surface area contributed by atoms with Crippen molar-refractivity contribution in [1.29, 1.82) is 0 Å². The monoisotopic (exact) mass is 323 g/mol. The number of carbonyl (C=O) groups excluding carboxylic acids is 2. The van der Waals surface area contributed by atoms with E-state index in [-0.39, 0.29) is 18.7 Å². The smallest absolute Gasteiger partial charge is 0.329 e. The van der Waals surface area contributed by atoms with Crippen LogP contribution in [0, 0.1) is 11.6 Å². The molecule has 0 heterocycles. The van der Waals surface area contributed by atoms with Crippen molar-refractivity contribution in [3.8, 4) is 0 Å². The van der Waals surface area contributed by atoms with Gasteiger partial charge in [0.2, 0.25) is 0 Å². The van der Waals surface area contributed by atoms with Gasteiger partial charge in [0.1, 0.15) is 17.4 Å². The fraction of sp³-hybridized carbons (Fsp3) is 0.429. The lowest BCUT2D eigenvalue weighted by Crippen LogP contribution is -2.40. The molecule has 0 atom stereocenters. The van der Waals surface area contributed by atoms with Gasteiger partial charge in [-0.2, -0.15) is 13.2 Å². The highest BCUT2D eigenvalue weighted by atomic mass is 19.4. The first-order valence-corrected chi connectivity index (χ1v) is 6.31. The van der Waals surface area contributed by atoms with Crippen LogP contribution in [-0.4, -0.2) is 29.2 Å². The summed E-state index contributed by atoms with van der Waals surface area (Å²) in [4.78, 5) is 24.2. The van der Waals surface area contributed by atoms with Gasteiger partial charge in [0, 0.05) is 6.04 Å². The third-order valence-corrected chi connectivity index (χ3v) is 2.87. The standard InChI is InChI=1S/C14H14F5NO2/c1-7(2)20(6-8(3)21)13(22)9-4-12(16)10(5-11(9)15)14(17,18)19/h4-5,7H,6H2,1-3H3. The Morgan fingerprint density at radius 3 is 2.09 bits per heavy atom. The Balaban J connectivity index is 3.29. The summed E-state index contributed by atoms with van der Waals surface area (Å²) in [5.41, 5.74) is -2.63. The van der Waals surface area contributed by atoms with Gasteiger partial charge in [0.15, 0.2) is 0 Å². The maximum Gasteiger partial charge on any atom is 0.419 e. The largest absolute Gasteiger partial charge is 0.419 e. The molecule has 0 aliphatic carbocycles. The first-order chi connectivity index (χ1) is 9.95. The highest BCUT2D eigenvalue weighted by Crippen LogP contribution is 2.33. The van der Waals surface area contributed by atoms with Gasteiger partial charge in [0.05, 0.1) is 17.7 Å². The number of benzene rings is 1. The number of hydrogen-bond acceptors (Lipinski definition) is 2. The average Bonchev–Trinajstić information content (AvgIpc) is 2.35. The van der Waals surface area contributed by atoms with Gasteiger partial charge in [-0.3, -0.25) is 9.59 Å². The number of carbonyl (C=O) groups is 2. The molecule has 3 nitrogen and oxygen atoms in total. The molecule has 8 heteroatoms. The summed E-state index contributed by atoms with van der Waals surface area (Å²) in [5.74, 6) is -4.68. The lowest BCUT2D eigenvalue weighted by molar-refractivity contribution is -0.140. The predicted octanol–water partition coefficient (Wildman–Crippen LogP) is 3.42. The van der Waals surface area contributed by atoms with Crippen molar-refractivity contribution < 1.29 is 31.5 Å². The van der Waals surface area contributed by atoms with Crippen LogP contribution < -0.4 is 0 Å². The van der Waals surface area contributed by atoms with E-state index in [1.807, 2.05) is 0 Å². The van der Waals surface area contributed by atoms with Crippen molar-refractivity contribution in [3.05, 3.63) is 34.9 Å². The molecule has 1 amide bonds. The van der Waals surface area contributed by atoms with Crippen molar-refractivity contribution in [3.63, 3.8) is 0 Å². The average molecular weight is 323 g/mol. The van der Waals surface area contributed by atoms with Crippen LogP contribution in [-0.2, 0) is 11.0 Å². The molecule has 1 aromatic carbocycles. The van der Waals surface area contributed by atoms with Gasteiger partial charge in [-0.05, 0) is 32.9 Å². The van der Waals surface area contributed by atoms with Crippen molar-refractivity contribution in [2.75, 3.05) is 6.54 Å². The van der Waals surface area contributed by atoms with Crippen LogP contribution in [0.15, 0.2) is 12.1 Å². The van der Waals surface area contributed by atoms with Gasteiger partial charge in [-0.25, -0.2) is 8.78 Å². The molecule has 0 bridgehead atoms. The zero-order valence-corrected chi connectivity index (χ0v) is 12.1. The minimum absolute atomic E-state index is 0.0607. The molecule has 0 radical (unpaired) electrons. The van der Waals surface area contributed by atoms with E-state index >= 15 is 0 Å². The lowest BCUT2D eigenvalue weighted by atomic mass is 10.1. The van der Waals surface area contributed by atoms with E-state index in [0.29, 0.717) is 0 Å². The van der Waals surface area contributed by atoms with E-state index in [4.69, 9.17) is 0 Å². The van der Waals surface area contributed by atoms with E-state index in [0.717, 1.165) is 4.90 Å². The Kier molecular flexibility index (Phi) is 5.26. The molecule has 1 aromatic rings. The van der Waals surface area contributed by atoms with Crippen molar-refractivity contribution >= 4 is 11.7 Å². The number of amides is 1. The molecule has 0 saturated carbocycles. The summed E-state index contributed by atoms with van der Waals surface area (Å²) in [6.07, 6.45) is -5.07. The van der Waals surface area contributed by atoms with Gasteiger partial charge < -0.3 is 4.90 Å². The Labute approximate surface area is 123 Å². The zero-order valence-electron chi connectivity index (χ0n) is 12.1. The third-order valence-electron chi connectivity index (χ3n) is 2.87. The van der Waals surface area contributed by atoms with E-state index in [1.165, 1.54) is 6.92 Å². The number of nitrogens with zero attached hydrogens (tertiary/aromatic N) is 1. The zero-order chi connectivity index (χ0) is 17.2. The predicted molar refractivity (Wildman–Crippen MR) is 68.2 cm³/mol. The molecule has 0 aliphatic heterocycles.